The van der Waals surface area contributed by atoms with Gasteiger partial charge in [-0.3, -0.25) is 9.59 Å². The number of nitrogens with one attached hydrogen (secondary N) is 1. The van der Waals surface area contributed by atoms with Crippen molar-refractivity contribution in [3.8, 4) is 6.07 Å². The zero-order chi connectivity index (χ0) is 16.2. The second-order valence-electron chi connectivity index (χ2n) is 5.35. The summed E-state index contributed by atoms with van der Waals surface area (Å²) >= 11 is 0. The van der Waals surface area contributed by atoms with Crippen molar-refractivity contribution >= 4 is 23.5 Å². The van der Waals surface area contributed by atoms with E-state index in [-0.39, 0.29) is 11.7 Å². The SMILES string of the molecule is N#Cc1cccc(/C=C/C(=O)c2ccc3c(c2)CCC(=O)N3)c1. The fraction of sp³-hybridized carbons (Fsp3) is 0.105. The zero-order valence-corrected chi connectivity index (χ0v) is 12.4. The molecule has 0 unspecified atom stereocenters. The van der Waals surface area contributed by atoms with Crippen LogP contribution in [0.5, 0.6) is 0 Å². The molecule has 0 radical (unpaired) electrons. The lowest BCUT2D eigenvalue weighted by Crippen LogP contribution is -2.19. The Bertz CT molecular complexity index is 860. The standard InChI is InChI=1S/C19H14N2O2/c20-12-14-3-1-2-13(10-14)4-8-18(22)16-5-7-17-15(11-16)6-9-19(23)21-17/h1-5,7-8,10-11H,6,9H2,(H,21,23)/b8-4+. The van der Waals surface area contributed by atoms with E-state index in [1.165, 1.54) is 6.08 Å². The molecule has 0 spiro atoms. The van der Waals surface area contributed by atoms with Gasteiger partial charge in [0.15, 0.2) is 5.78 Å². The molecule has 2 aromatic rings. The van der Waals surface area contributed by atoms with Crippen molar-refractivity contribution in [2.24, 2.45) is 0 Å². The highest BCUT2D eigenvalue weighted by Crippen LogP contribution is 2.24. The number of nitriles is 1. The highest BCUT2D eigenvalue weighted by molar-refractivity contribution is 6.07. The number of benzene rings is 2. The number of allylic oxidation sites excluding steroid dienone is 1. The molecule has 1 amide bonds. The molecule has 0 saturated heterocycles. The number of fused-ring (bicyclic) bond motifs is 1. The van der Waals surface area contributed by atoms with E-state index in [0.29, 0.717) is 24.0 Å². The first-order chi connectivity index (χ1) is 11.2. The summed E-state index contributed by atoms with van der Waals surface area (Å²) in [5.74, 6) is -0.0964. The topological polar surface area (TPSA) is 70.0 Å². The summed E-state index contributed by atoms with van der Waals surface area (Å²) in [6.07, 6.45) is 4.29. The molecule has 0 atom stereocenters. The Labute approximate surface area is 134 Å². The van der Waals surface area contributed by atoms with Gasteiger partial charge in [-0.15, -0.1) is 0 Å². The quantitative estimate of drug-likeness (QED) is 0.698. The molecule has 1 heterocycles. The highest BCUT2D eigenvalue weighted by atomic mass is 16.1. The van der Waals surface area contributed by atoms with E-state index in [1.54, 1.807) is 36.4 Å². The van der Waals surface area contributed by atoms with Gasteiger partial charge in [0.25, 0.3) is 0 Å². The number of amides is 1. The van der Waals surface area contributed by atoms with Crippen LogP contribution < -0.4 is 5.32 Å². The molecule has 4 nitrogen and oxygen atoms in total. The smallest absolute Gasteiger partial charge is 0.224 e. The fourth-order valence-corrected chi connectivity index (χ4v) is 2.52. The molecular formula is C19H14N2O2. The van der Waals surface area contributed by atoms with Gasteiger partial charge in [0.2, 0.25) is 5.91 Å². The average molecular weight is 302 g/mol. The van der Waals surface area contributed by atoms with E-state index < -0.39 is 0 Å². The molecule has 1 aliphatic rings. The van der Waals surface area contributed by atoms with Crippen LogP contribution in [0.3, 0.4) is 0 Å². The number of carbonyl (C=O) groups is 2. The number of hydrogen-bond acceptors (Lipinski definition) is 3. The van der Waals surface area contributed by atoms with Crippen molar-refractivity contribution in [1.29, 1.82) is 5.26 Å². The highest BCUT2D eigenvalue weighted by Gasteiger charge is 2.15. The maximum atomic E-state index is 12.3. The molecule has 1 N–H and O–H groups in total. The van der Waals surface area contributed by atoms with Crippen molar-refractivity contribution in [2.75, 3.05) is 5.32 Å². The lowest BCUT2D eigenvalue weighted by molar-refractivity contribution is -0.116. The number of hydrogen-bond donors (Lipinski definition) is 1. The van der Waals surface area contributed by atoms with Crippen LogP contribution in [0.25, 0.3) is 6.08 Å². The normalized spacial score (nSPS) is 13.3. The van der Waals surface area contributed by atoms with Gasteiger partial charge in [0, 0.05) is 17.7 Å². The third-order valence-electron chi connectivity index (χ3n) is 3.73. The first-order valence-corrected chi connectivity index (χ1v) is 7.31. The third kappa shape index (κ3) is 3.35. The van der Waals surface area contributed by atoms with Gasteiger partial charge < -0.3 is 5.32 Å². The second-order valence-corrected chi connectivity index (χ2v) is 5.35. The fourth-order valence-electron chi connectivity index (χ4n) is 2.52. The summed E-state index contributed by atoms with van der Waals surface area (Å²) in [4.78, 5) is 23.6. The predicted molar refractivity (Wildman–Crippen MR) is 87.9 cm³/mol. The molecule has 0 fully saturated rings. The number of nitrogens with zero attached hydrogens (tertiary/aromatic N) is 1. The molecule has 4 heteroatoms. The molecular weight excluding hydrogens is 288 g/mol. The molecule has 112 valence electrons. The third-order valence-corrected chi connectivity index (χ3v) is 3.73. The van der Waals surface area contributed by atoms with Gasteiger partial charge in [-0.05, 0) is 54.0 Å². The number of anilines is 1. The van der Waals surface area contributed by atoms with Crippen molar-refractivity contribution in [1.82, 2.24) is 0 Å². The average Bonchev–Trinajstić information content (AvgIpc) is 2.59. The largest absolute Gasteiger partial charge is 0.326 e. The van der Waals surface area contributed by atoms with Crippen LogP contribution in [0.4, 0.5) is 5.69 Å². The van der Waals surface area contributed by atoms with E-state index in [1.807, 2.05) is 12.1 Å². The molecule has 0 aliphatic carbocycles. The number of carbonyl (C=O) groups excluding carboxylic acids is 2. The lowest BCUT2D eigenvalue weighted by Gasteiger charge is -2.16. The lowest BCUT2D eigenvalue weighted by atomic mass is 9.98. The van der Waals surface area contributed by atoms with Crippen molar-refractivity contribution in [3.63, 3.8) is 0 Å². The Kier molecular flexibility index (Phi) is 4.03. The Morgan fingerprint density at radius 1 is 1.17 bits per heavy atom. The number of ketones is 1. The van der Waals surface area contributed by atoms with Gasteiger partial charge >= 0.3 is 0 Å². The molecule has 2 aromatic carbocycles. The van der Waals surface area contributed by atoms with Crippen LogP contribution in [-0.4, -0.2) is 11.7 Å². The Morgan fingerprint density at radius 3 is 2.87 bits per heavy atom. The van der Waals surface area contributed by atoms with Crippen LogP contribution in [0.1, 0.15) is 33.5 Å². The maximum absolute atomic E-state index is 12.3. The van der Waals surface area contributed by atoms with Crippen molar-refractivity contribution in [3.05, 3.63) is 70.8 Å². The monoisotopic (exact) mass is 302 g/mol. The van der Waals surface area contributed by atoms with E-state index in [2.05, 4.69) is 11.4 Å². The zero-order valence-electron chi connectivity index (χ0n) is 12.4. The Balaban J connectivity index is 1.79. The second kappa shape index (κ2) is 6.29. The van der Waals surface area contributed by atoms with Crippen LogP contribution in [0.2, 0.25) is 0 Å². The van der Waals surface area contributed by atoms with Crippen molar-refractivity contribution in [2.45, 2.75) is 12.8 Å². The summed E-state index contributed by atoms with van der Waals surface area (Å²) in [5.41, 5.74) is 3.72. The molecule has 0 aromatic heterocycles. The molecule has 0 bridgehead atoms. The molecule has 1 aliphatic heterocycles. The Morgan fingerprint density at radius 2 is 2.04 bits per heavy atom. The van der Waals surface area contributed by atoms with Crippen LogP contribution >= 0.6 is 0 Å². The maximum Gasteiger partial charge on any atom is 0.224 e. The minimum Gasteiger partial charge on any atom is -0.326 e. The first-order valence-electron chi connectivity index (χ1n) is 7.31. The van der Waals surface area contributed by atoms with Gasteiger partial charge in [0.1, 0.15) is 0 Å². The summed E-state index contributed by atoms with van der Waals surface area (Å²) in [7, 11) is 0. The minimum atomic E-state index is -0.105. The van der Waals surface area contributed by atoms with E-state index in [9.17, 15) is 9.59 Å². The number of aryl methyl sites for hydroxylation is 1. The van der Waals surface area contributed by atoms with Crippen LogP contribution in [-0.2, 0) is 11.2 Å². The molecule has 3 rings (SSSR count). The first kappa shape index (κ1) is 14.7. The predicted octanol–water partition coefficient (Wildman–Crippen LogP) is 3.34. The van der Waals surface area contributed by atoms with Crippen molar-refractivity contribution < 1.29 is 9.59 Å². The van der Waals surface area contributed by atoms with Gasteiger partial charge in [0.05, 0.1) is 11.6 Å². The van der Waals surface area contributed by atoms with E-state index >= 15 is 0 Å². The van der Waals surface area contributed by atoms with Crippen LogP contribution in [0, 0.1) is 11.3 Å². The van der Waals surface area contributed by atoms with E-state index in [4.69, 9.17) is 5.26 Å². The summed E-state index contributed by atoms with van der Waals surface area (Å²) in [5, 5.41) is 11.7. The minimum absolute atomic E-state index is 0.00819. The number of rotatable bonds is 3. The van der Waals surface area contributed by atoms with Gasteiger partial charge in [-0.1, -0.05) is 18.2 Å². The molecule has 0 saturated carbocycles. The Hall–Kier alpha value is -3.19. The van der Waals surface area contributed by atoms with E-state index in [0.717, 1.165) is 16.8 Å². The van der Waals surface area contributed by atoms with Gasteiger partial charge in [-0.25, -0.2) is 0 Å². The summed E-state index contributed by atoms with van der Waals surface area (Å²) in [6.45, 7) is 0. The van der Waals surface area contributed by atoms with Crippen LogP contribution in [0.15, 0.2) is 48.5 Å². The summed E-state index contributed by atoms with van der Waals surface area (Å²) in [6, 6.07) is 14.4. The summed E-state index contributed by atoms with van der Waals surface area (Å²) < 4.78 is 0. The van der Waals surface area contributed by atoms with Gasteiger partial charge in [-0.2, -0.15) is 5.26 Å². The molecule has 23 heavy (non-hydrogen) atoms.